The minimum atomic E-state index is -0.518. The monoisotopic (exact) mass is 273 g/mol. The summed E-state index contributed by atoms with van der Waals surface area (Å²) in [5, 5.41) is 12.8. The van der Waals surface area contributed by atoms with Gasteiger partial charge >= 0.3 is 0 Å². The number of nitrogens with zero attached hydrogens (tertiary/aromatic N) is 1. The Morgan fingerprint density at radius 1 is 1.05 bits per heavy atom. The van der Waals surface area contributed by atoms with Crippen molar-refractivity contribution in [3.63, 3.8) is 0 Å². The van der Waals surface area contributed by atoms with E-state index < -0.39 is 5.60 Å². The maximum absolute atomic E-state index is 10.7. The molecule has 1 aromatic carbocycles. The van der Waals surface area contributed by atoms with Crippen molar-refractivity contribution in [2.24, 2.45) is 0 Å². The van der Waals surface area contributed by atoms with Crippen molar-refractivity contribution >= 4 is 17.0 Å². The van der Waals surface area contributed by atoms with Gasteiger partial charge in [0, 0.05) is 30.1 Å². The van der Waals surface area contributed by atoms with Crippen LogP contribution in [0.1, 0.15) is 17.7 Å². The van der Waals surface area contributed by atoms with Gasteiger partial charge < -0.3 is 10.0 Å². The van der Waals surface area contributed by atoms with Crippen LogP contribution in [0.25, 0.3) is 0 Å². The minimum Gasteiger partial charge on any atom is -0.389 e. The molecule has 2 heterocycles. The van der Waals surface area contributed by atoms with Gasteiger partial charge in [-0.3, -0.25) is 0 Å². The first-order valence-electron chi connectivity index (χ1n) is 6.80. The highest BCUT2D eigenvalue weighted by molar-refractivity contribution is 7.09. The SMILES string of the molecule is OC1(Cc2cccs2)CCN(c2ccccc2)CC1. The minimum absolute atomic E-state index is 0.518. The van der Waals surface area contributed by atoms with Gasteiger partial charge in [-0.1, -0.05) is 24.3 Å². The second kappa shape index (κ2) is 5.35. The predicted molar refractivity (Wildman–Crippen MR) is 80.9 cm³/mol. The number of anilines is 1. The van der Waals surface area contributed by atoms with Crippen LogP contribution < -0.4 is 4.90 Å². The van der Waals surface area contributed by atoms with Gasteiger partial charge in [0.1, 0.15) is 0 Å². The van der Waals surface area contributed by atoms with Gasteiger partial charge in [-0.05, 0) is 36.4 Å². The summed E-state index contributed by atoms with van der Waals surface area (Å²) >= 11 is 1.74. The van der Waals surface area contributed by atoms with Crippen LogP contribution in [0.15, 0.2) is 47.8 Å². The van der Waals surface area contributed by atoms with Crippen LogP contribution in [0.4, 0.5) is 5.69 Å². The maximum atomic E-state index is 10.7. The molecule has 2 nitrogen and oxygen atoms in total. The quantitative estimate of drug-likeness (QED) is 0.927. The van der Waals surface area contributed by atoms with Gasteiger partial charge in [-0.25, -0.2) is 0 Å². The van der Waals surface area contributed by atoms with Gasteiger partial charge in [0.25, 0.3) is 0 Å². The number of piperidine rings is 1. The van der Waals surface area contributed by atoms with Crippen molar-refractivity contribution in [3.8, 4) is 0 Å². The topological polar surface area (TPSA) is 23.5 Å². The first kappa shape index (κ1) is 12.7. The van der Waals surface area contributed by atoms with Gasteiger partial charge in [-0.15, -0.1) is 11.3 Å². The van der Waals surface area contributed by atoms with Crippen LogP contribution in [-0.4, -0.2) is 23.8 Å². The molecule has 0 radical (unpaired) electrons. The fourth-order valence-electron chi connectivity index (χ4n) is 2.73. The van der Waals surface area contributed by atoms with Gasteiger partial charge in [-0.2, -0.15) is 0 Å². The third kappa shape index (κ3) is 2.99. The Balaban J connectivity index is 1.62. The lowest BCUT2D eigenvalue weighted by Gasteiger charge is -2.39. The summed E-state index contributed by atoms with van der Waals surface area (Å²) < 4.78 is 0. The Hall–Kier alpha value is -1.32. The number of benzene rings is 1. The van der Waals surface area contributed by atoms with E-state index in [9.17, 15) is 5.11 Å². The van der Waals surface area contributed by atoms with Crippen LogP contribution in [0.3, 0.4) is 0 Å². The summed E-state index contributed by atoms with van der Waals surface area (Å²) in [6.45, 7) is 1.87. The van der Waals surface area contributed by atoms with E-state index >= 15 is 0 Å². The molecule has 0 saturated carbocycles. The average molecular weight is 273 g/mol. The number of hydrogen-bond donors (Lipinski definition) is 1. The van der Waals surface area contributed by atoms with E-state index in [1.54, 1.807) is 11.3 Å². The number of para-hydroxylation sites is 1. The highest BCUT2D eigenvalue weighted by atomic mass is 32.1. The van der Waals surface area contributed by atoms with Crippen LogP contribution >= 0.6 is 11.3 Å². The Kier molecular flexibility index (Phi) is 3.58. The molecular formula is C16H19NOS. The molecule has 1 N–H and O–H groups in total. The van der Waals surface area contributed by atoms with Gasteiger partial charge in [0.15, 0.2) is 0 Å². The van der Waals surface area contributed by atoms with Crippen molar-refractivity contribution < 1.29 is 5.11 Å². The second-order valence-corrected chi connectivity index (χ2v) is 6.34. The van der Waals surface area contributed by atoms with Crippen molar-refractivity contribution in [1.82, 2.24) is 0 Å². The van der Waals surface area contributed by atoms with E-state index in [2.05, 4.69) is 46.7 Å². The average Bonchev–Trinajstić information content (AvgIpc) is 2.93. The Bertz CT molecular complexity index is 501. The second-order valence-electron chi connectivity index (χ2n) is 5.30. The van der Waals surface area contributed by atoms with Crippen molar-refractivity contribution in [3.05, 3.63) is 52.7 Å². The lowest BCUT2D eigenvalue weighted by Crippen LogP contribution is -2.45. The summed E-state index contributed by atoms with van der Waals surface area (Å²) in [5.74, 6) is 0. The molecule has 19 heavy (non-hydrogen) atoms. The lowest BCUT2D eigenvalue weighted by atomic mass is 9.87. The fraction of sp³-hybridized carbons (Fsp3) is 0.375. The third-order valence-electron chi connectivity index (χ3n) is 3.90. The zero-order valence-corrected chi connectivity index (χ0v) is 11.8. The highest BCUT2D eigenvalue weighted by Crippen LogP contribution is 2.30. The van der Waals surface area contributed by atoms with E-state index in [0.29, 0.717) is 0 Å². The molecule has 1 saturated heterocycles. The molecule has 1 fully saturated rings. The molecule has 3 heteroatoms. The van der Waals surface area contributed by atoms with Crippen molar-refractivity contribution in [1.29, 1.82) is 0 Å². The fourth-order valence-corrected chi connectivity index (χ4v) is 3.58. The summed E-state index contributed by atoms with van der Waals surface area (Å²) in [7, 11) is 0. The molecule has 0 atom stereocenters. The van der Waals surface area contributed by atoms with E-state index in [1.807, 2.05) is 6.07 Å². The van der Waals surface area contributed by atoms with Crippen LogP contribution in [0.5, 0.6) is 0 Å². The first-order valence-corrected chi connectivity index (χ1v) is 7.68. The zero-order valence-electron chi connectivity index (χ0n) is 11.0. The Morgan fingerprint density at radius 3 is 2.42 bits per heavy atom. The van der Waals surface area contributed by atoms with Crippen LogP contribution in [0, 0.1) is 0 Å². The van der Waals surface area contributed by atoms with E-state index in [4.69, 9.17) is 0 Å². The molecule has 1 aliphatic heterocycles. The molecule has 0 spiro atoms. The highest BCUT2D eigenvalue weighted by Gasteiger charge is 2.32. The molecule has 1 aliphatic rings. The summed E-state index contributed by atoms with van der Waals surface area (Å²) in [5.41, 5.74) is 0.747. The van der Waals surface area contributed by atoms with E-state index in [0.717, 1.165) is 32.4 Å². The number of thiophene rings is 1. The summed E-state index contributed by atoms with van der Waals surface area (Å²) in [4.78, 5) is 3.65. The lowest BCUT2D eigenvalue weighted by molar-refractivity contribution is 0.0173. The Labute approximate surface area is 118 Å². The molecule has 1 aromatic heterocycles. The largest absolute Gasteiger partial charge is 0.389 e. The van der Waals surface area contributed by atoms with E-state index in [1.165, 1.54) is 10.6 Å². The molecule has 0 amide bonds. The van der Waals surface area contributed by atoms with Crippen LogP contribution in [0.2, 0.25) is 0 Å². The molecule has 0 bridgehead atoms. The van der Waals surface area contributed by atoms with Crippen molar-refractivity contribution in [2.45, 2.75) is 24.9 Å². The molecule has 0 unspecified atom stereocenters. The zero-order chi connectivity index (χ0) is 13.1. The van der Waals surface area contributed by atoms with Crippen LogP contribution in [-0.2, 0) is 6.42 Å². The molecular weight excluding hydrogens is 254 g/mol. The molecule has 3 rings (SSSR count). The van der Waals surface area contributed by atoms with Gasteiger partial charge in [0.05, 0.1) is 5.60 Å². The smallest absolute Gasteiger partial charge is 0.0729 e. The first-order chi connectivity index (χ1) is 9.25. The summed E-state index contributed by atoms with van der Waals surface area (Å²) in [6.07, 6.45) is 2.49. The molecule has 2 aromatic rings. The van der Waals surface area contributed by atoms with Crippen molar-refractivity contribution in [2.75, 3.05) is 18.0 Å². The molecule has 0 aliphatic carbocycles. The standard InChI is InChI=1S/C16H19NOS/c18-16(13-15-7-4-12-19-15)8-10-17(11-9-16)14-5-2-1-3-6-14/h1-7,12,18H,8-11,13H2. The maximum Gasteiger partial charge on any atom is 0.0729 e. The Morgan fingerprint density at radius 2 is 1.79 bits per heavy atom. The predicted octanol–water partition coefficient (Wildman–Crippen LogP) is 3.32. The number of aliphatic hydroxyl groups is 1. The molecule has 100 valence electrons. The van der Waals surface area contributed by atoms with E-state index in [-0.39, 0.29) is 0 Å². The number of rotatable bonds is 3. The normalized spacial score (nSPS) is 18.5. The van der Waals surface area contributed by atoms with Gasteiger partial charge in [0.2, 0.25) is 0 Å². The summed E-state index contributed by atoms with van der Waals surface area (Å²) in [6, 6.07) is 14.6. The third-order valence-corrected chi connectivity index (χ3v) is 4.78. The number of hydrogen-bond acceptors (Lipinski definition) is 3.